The van der Waals surface area contributed by atoms with Gasteiger partial charge in [-0.25, -0.2) is 0 Å². The topological polar surface area (TPSA) is 93.5 Å². The van der Waals surface area contributed by atoms with Crippen molar-refractivity contribution in [3.63, 3.8) is 0 Å². The van der Waals surface area contributed by atoms with Gasteiger partial charge >= 0.3 is 0 Å². The fourth-order valence-electron chi connectivity index (χ4n) is 3.79. The lowest BCUT2D eigenvalue weighted by molar-refractivity contribution is 0.0295. The van der Waals surface area contributed by atoms with E-state index in [1.807, 2.05) is 26.0 Å². The second-order valence-electron chi connectivity index (χ2n) is 7.82. The molecule has 0 aliphatic carbocycles. The summed E-state index contributed by atoms with van der Waals surface area (Å²) in [5.41, 5.74) is 2.71. The first-order chi connectivity index (χ1) is 16.0. The van der Waals surface area contributed by atoms with Gasteiger partial charge in [0, 0.05) is 30.8 Å². The van der Waals surface area contributed by atoms with Crippen molar-refractivity contribution in [1.82, 2.24) is 14.7 Å². The molecule has 2 heterocycles. The minimum atomic E-state index is -0.474. The second-order valence-corrected chi connectivity index (χ2v) is 7.82. The van der Waals surface area contributed by atoms with Crippen LogP contribution in [0.15, 0.2) is 54.7 Å². The average molecular weight is 447 g/mol. The molecule has 0 unspecified atom stereocenters. The quantitative estimate of drug-likeness (QED) is 0.587. The number of benzene rings is 2. The number of carbonyl (C=O) groups excluding carboxylic acids is 3. The number of nitrogens with zero attached hydrogens (tertiary/aromatic N) is 3. The van der Waals surface area contributed by atoms with E-state index in [4.69, 9.17) is 4.74 Å². The van der Waals surface area contributed by atoms with Gasteiger partial charge in [-0.2, -0.15) is 5.10 Å². The number of aromatic nitrogens is 2. The first-order valence-corrected chi connectivity index (χ1v) is 10.9. The molecule has 1 N–H and O–H groups in total. The molecule has 1 aliphatic heterocycles. The highest BCUT2D eigenvalue weighted by molar-refractivity contribution is 6.18. The van der Waals surface area contributed by atoms with Crippen LogP contribution in [0.3, 0.4) is 0 Å². The number of anilines is 1. The van der Waals surface area contributed by atoms with Gasteiger partial charge in [-0.1, -0.05) is 48.0 Å². The molecule has 2 aromatic carbocycles. The Hall–Kier alpha value is -3.78. The van der Waals surface area contributed by atoms with Gasteiger partial charge in [0.1, 0.15) is 5.69 Å². The van der Waals surface area contributed by atoms with Gasteiger partial charge in [-0.05, 0) is 19.9 Å². The highest BCUT2D eigenvalue weighted by atomic mass is 16.5. The zero-order chi connectivity index (χ0) is 23.4. The third-order valence-electron chi connectivity index (χ3n) is 5.62. The van der Waals surface area contributed by atoms with Crippen LogP contribution < -0.4 is 5.32 Å². The van der Waals surface area contributed by atoms with Crippen molar-refractivity contribution in [1.29, 1.82) is 0 Å². The van der Waals surface area contributed by atoms with Crippen LogP contribution in [0.5, 0.6) is 0 Å². The van der Waals surface area contributed by atoms with Crippen LogP contribution in [0.4, 0.5) is 5.69 Å². The monoisotopic (exact) mass is 446 g/mol. The lowest BCUT2D eigenvalue weighted by atomic mass is 9.97. The predicted molar refractivity (Wildman–Crippen MR) is 124 cm³/mol. The van der Waals surface area contributed by atoms with E-state index >= 15 is 0 Å². The molecule has 2 amide bonds. The SMILES string of the molecule is CCn1ncc(NC(=O)c2ccccc2C(=O)c2ccc(C)cc2)c1C(=O)N1CCOCC1. The van der Waals surface area contributed by atoms with Crippen molar-refractivity contribution in [2.75, 3.05) is 31.6 Å². The molecule has 0 atom stereocenters. The van der Waals surface area contributed by atoms with Crippen molar-refractivity contribution in [2.24, 2.45) is 0 Å². The van der Waals surface area contributed by atoms with E-state index in [0.717, 1.165) is 5.56 Å². The molecule has 1 fully saturated rings. The largest absolute Gasteiger partial charge is 0.378 e. The Morgan fingerprint density at radius 3 is 2.33 bits per heavy atom. The molecule has 1 aromatic heterocycles. The molecule has 1 aliphatic rings. The normalized spacial score (nSPS) is 13.6. The number of hydrogen-bond acceptors (Lipinski definition) is 5. The Morgan fingerprint density at radius 2 is 1.67 bits per heavy atom. The number of aryl methyl sites for hydroxylation is 2. The van der Waals surface area contributed by atoms with Crippen LogP contribution in [0, 0.1) is 6.92 Å². The zero-order valence-electron chi connectivity index (χ0n) is 18.7. The van der Waals surface area contributed by atoms with E-state index in [1.165, 1.54) is 6.20 Å². The number of rotatable bonds is 6. The van der Waals surface area contributed by atoms with Crippen LogP contribution in [0.2, 0.25) is 0 Å². The van der Waals surface area contributed by atoms with Gasteiger partial charge in [0.25, 0.3) is 11.8 Å². The molecular weight excluding hydrogens is 420 g/mol. The summed E-state index contributed by atoms with van der Waals surface area (Å²) in [4.78, 5) is 41.2. The molecule has 0 bridgehead atoms. The van der Waals surface area contributed by atoms with E-state index in [-0.39, 0.29) is 17.3 Å². The number of carbonyl (C=O) groups is 3. The van der Waals surface area contributed by atoms with Gasteiger partial charge in [0.05, 0.1) is 30.7 Å². The molecule has 8 nitrogen and oxygen atoms in total. The van der Waals surface area contributed by atoms with Crippen LogP contribution >= 0.6 is 0 Å². The smallest absolute Gasteiger partial charge is 0.274 e. The third kappa shape index (κ3) is 4.70. The summed E-state index contributed by atoms with van der Waals surface area (Å²) in [6.45, 7) is 6.21. The number of hydrogen-bond donors (Lipinski definition) is 1. The first kappa shape index (κ1) is 22.4. The second kappa shape index (κ2) is 9.79. The average Bonchev–Trinajstić information content (AvgIpc) is 3.26. The van der Waals surface area contributed by atoms with E-state index < -0.39 is 5.91 Å². The molecule has 33 heavy (non-hydrogen) atoms. The lowest BCUT2D eigenvalue weighted by Crippen LogP contribution is -2.41. The predicted octanol–water partition coefficient (Wildman–Crippen LogP) is 3.17. The highest BCUT2D eigenvalue weighted by Gasteiger charge is 2.27. The molecule has 0 saturated carbocycles. The van der Waals surface area contributed by atoms with Gasteiger partial charge in [0.15, 0.2) is 5.78 Å². The molecule has 3 aromatic rings. The fourth-order valence-corrected chi connectivity index (χ4v) is 3.79. The van der Waals surface area contributed by atoms with Crippen molar-refractivity contribution in [2.45, 2.75) is 20.4 Å². The molecule has 0 spiro atoms. The number of morpholine rings is 1. The van der Waals surface area contributed by atoms with Gasteiger partial charge in [-0.15, -0.1) is 0 Å². The number of nitrogens with one attached hydrogen (secondary N) is 1. The summed E-state index contributed by atoms with van der Waals surface area (Å²) in [6, 6.07) is 13.9. The summed E-state index contributed by atoms with van der Waals surface area (Å²) in [5, 5.41) is 7.07. The van der Waals surface area contributed by atoms with Crippen LogP contribution in [-0.2, 0) is 11.3 Å². The summed E-state index contributed by atoms with van der Waals surface area (Å²) < 4.78 is 6.90. The molecule has 170 valence electrons. The van der Waals surface area contributed by atoms with E-state index in [1.54, 1.807) is 46.0 Å². The zero-order valence-corrected chi connectivity index (χ0v) is 18.7. The van der Waals surface area contributed by atoms with Gasteiger partial charge in [0.2, 0.25) is 0 Å². The molecule has 1 saturated heterocycles. The van der Waals surface area contributed by atoms with Crippen molar-refractivity contribution >= 4 is 23.3 Å². The maximum Gasteiger partial charge on any atom is 0.274 e. The maximum absolute atomic E-state index is 13.2. The third-order valence-corrected chi connectivity index (χ3v) is 5.62. The van der Waals surface area contributed by atoms with E-state index in [2.05, 4.69) is 10.4 Å². The maximum atomic E-state index is 13.2. The van der Waals surface area contributed by atoms with Crippen LogP contribution in [-0.4, -0.2) is 58.6 Å². The van der Waals surface area contributed by atoms with Crippen molar-refractivity contribution in [3.8, 4) is 0 Å². The lowest BCUT2D eigenvalue weighted by Gasteiger charge is -2.27. The Morgan fingerprint density at radius 1 is 1.00 bits per heavy atom. The van der Waals surface area contributed by atoms with E-state index in [9.17, 15) is 14.4 Å². The standard InChI is InChI=1S/C25H26N4O4/c1-3-29-22(25(32)28-12-14-33-15-13-28)21(16-26-29)27-24(31)20-7-5-4-6-19(20)23(30)18-10-8-17(2)9-11-18/h4-11,16H,3,12-15H2,1-2H3,(H,27,31). The summed E-state index contributed by atoms with van der Waals surface area (Å²) in [6.07, 6.45) is 1.47. The minimum Gasteiger partial charge on any atom is -0.378 e. The summed E-state index contributed by atoms with van der Waals surface area (Å²) in [5.74, 6) is -0.927. The minimum absolute atomic E-state index is 0.211. The summed E-state index contributed by atoms with van der Waals surface area (Å²) in [7, 11) is 0. The van der Waals surface area contributed by atoms with Crippen LogP contribution in [0.25, 0.3) is 0 Å². The number of amides is 2. The summed E-state index contributed by atoms with van der Waals surface area (Å²) >= 11 is 0. The Bertz CT molecular complexity index is 1180. The molecule has 4 rings (SSSR count). The molecule has 8 heteroatoms. The number of ether oxygens (including phenoxy) is 1. The number of ketones is 1. The Kier molecular flexibility index (Phi) is 6.65. The molecular formula is C25H26N4O4. The van der Waals surface area contributed by atoms with Crippen molar-refractivity contribution in [3.05, 3.63) is 82.7 Å². The first-order valence-electron chi connectivity index (χ1n) is 10.9. The highest BCUT2D eigenvalue weighted by Crippen LogP contribution is 2.21. The van der Waals surface area contributed by atoms with Crippen molar-refractivity contribution < 1.29 is 19.1 Å². The molecule has 0 radical (unpaired) electrons. The van der Waals surface area contributed by atoms with E-state index in [0.29, 0.717) is 55.4 Å². The Labute approximate surface area is 192 Å². The Balaban J connectivity index is 1.62. The van der Waals surface area contributed by atoms with Gasteiger partial charge in [-0.3, -0.25) is 19.1 Å². The van der Waals surface area contributed by atoms with Gasteiger partial charge < -0.3 is 15.0 Å². The fraction of sp³-hybridized carbons (Fsp3) is 0.280. The van der Waals surface area contributed by atoms with Crippen LogP contribution in [0.1, 0.15) is 49.3 Å².